The lowest BCUT2D eigenvalue weighted by Gasteiger charge is -2.24. The summed E-state index contributed by atoms with van der Waals surface area (Å²) in [6.45, 7) is 0.556. The molecule has 0 aliphatic rings. The van der Waals surface area contributed by atoms with E-state index < -0.39 is 60.4 Å². The van der Waals surface area contributed by atoms with Crippen molar-refractivity contribution in [3.8, 4) is 5.75 Å². The van der Waals surface area contributed by atoms with Crippen LogP contribution in [-0.4, -0.2) is 75.7 Å². The highest BCUT2D eigenvalue weighted by molar-refractivity contribution is 5.94. The van der Waals surface area contributed by atoms with Crippen LogP contribution in [0.15, 0.2) is 24.3 Å². The van der Waals surface area contributed by atoms with Crippen molar-refractivity contribution in [3.63, 3.8) is 0 Å². The molecule has 0 saturated carbocycles. The molecule has 0 saturated heterocycles. The first-order valence-corrected chi connectivity index (χ1v) is 10.0. The Bertz CT molecular complexity index is 861. The molecule has 0 bridgehead atoms. The van der Waals surface area contributed by atoms with Gasteiger partial charge in [0, 0.05) is 12.8 Å². The number of aliphatic hydroxyl groups is 1. The maximum absolute atomic E-state index is 12.9. The van der Waals surface area contributed by atoms with Gasteiger partial charge in [0.15, 0.2) is 0 Å². The summed E-state index contributed by atoms with van der Waals surface area (Å²) in [5.74, 6) is -4.56. The fourth-order valence-electron chi connectivity index (χ4n) is 2.64. The zero-order valence-corrected chi connectivity index (χ0v) is 18.0. The van der Waals surface area contributed by atoms with E-state index in [4.69, 9.17) is 21.7 Å². The lowest BCUT2D eigenvalue weighted by Crippen LogP contribution is -2.57. The largest absolute Gasteiger partial charge is 0.508 e. The second-order valence-electron chi connectivity index (χ2n) is 7.36. The third-order valence-electron chi connectivity index (χ3n) is 4.58. The number of aliphatic hydroxyl groups excluding tert-OH is 1. The van der Waals surface area contributed by atoms with Crippen molar-refractivity contribution in [1.82, 2.24) is 16.0 Å². The first-order chi connectivity index (χ1) is 15.4. The van der Waals surface area contributed by atoms with Crippen LogP contribution in [0.25, 0.3) is 0 Å². The van der Waals surface area contributed by atoms with Crippen molar-refractivity contribution in [2.24, 2.45) is 11.5 Å². The van der Waals surface area contributed by atoms with Crippen LogP contribution in [0.2, 0.25) is 0 Å². The smallest absolute Gasteiger partial charge is 0.325 e. The maximum Gasteiger partial charge on any atom is 0.325 e. The number of aromatic hydroxyl groups is 1. The van der Waals surface area contributed by atoms with Gasteiger partial charge in [-0.1, -0.05) is 12.1 Å². The summed E-state index contributed by atoms with van der Waals surface area (Å²) < 4.78 is 0. The van der Waals surface area contributed by atoms with Gasteiger partial charge in [-0.05, 0) is 31.0 Å². The van der Waals surface area contributed by atoms with E-state index in [0.717, 1.165) is 0 Å². The van der Waals surface area contributed by atoms with Crippen LogP contribution < -0.4 is 27.4 Å². The number of nitrogens with one attached hydrogen (secondary N) is 3. The number of amides is 4. The van der Waals surface area contributed by atoms with Gasteiger partial charge in [-0.25, -0.2) is 0 Å². The number of carboxylic acid groups (broad SMARTS) is 1. The van der Waals surface area contributed by atoms with Crippen molar-refractivity contribution >= 4 is 29.6 Å². The quantitative estimate of drug-likeness (QED) is 0.148. The Morgan fingerprint density at radius 3 is 2.00 bits per heavy atom. The van der Waals surface area contributed by atoms with Crippen LogP contribution >= 0.6 is 0 Å². The van der Waals surface area contributed by atoms with Crippen LogP contribution in [0.3, 0.4) is 0 Å². The Morgan fingerprint density at radius 2 is 1.48 bits per heavy atom. The Balaban J connectivity index is 3.09. The van der Waals surface area contributed by atoms with Crippen molar-refractivity contribution in [2.45, 2.75) is 50.4 Å². The predicted molar refractivity (Wildman–Crippen MR) is 114 cm³/mol. The van der Waals surface area contributed by atoms with Crippen LogP contribution in [0, 0.1) is 0 Å². The zero-order valence-electron chi connectivity index (χ0n) is 18.0. The third kappa shape index (κ3) is 9.53. The maximum atomic E-state index is 12.9. The molecule has 182 valence electrons. The number of phenolic OH excluding ortho intramolecular Hbond substituents is 1. The fraction of sp³-hybridized carbons (Fsp3) is 0.450. The van der Waals surface area contributed by atoms with Gasteiger partial charge in [0.2, 0.25) is 23.6 Å². The van der Waals surface area contributed by atoms with Gasteiger partial charge >= 0.3 is 5.97 Å². The molecule has 1 aromatic rings. The highest BCUT2D eigenvalue weighted by atomic mass is 16.4. The van der Waals surface area contributed by atoms with E-state index in [9.17, 15) is 29.1 Å². The van der Waals surface area contributed by atoms with Crippen molar-refractivity contribution in [1.29, 1.82) is 0 Å². The summed E-state index contributed by atoms with van der Waals surface area (Å²) in [6, 6.07) is 0.629. The number of nitrogens with two attached hydrogens (primary N) is 2. The molecule has 0 aromatic heterocycles. The van der Waals surface area contributed by atoms with Gasteiger partial charge in [0.25, 0.3) is 0 Å². The summed E-state index contributed by atoms with van der Waals surface area (Å²) in [5.41, 5.74) is 11.1. The molecule has 4 atom stereocenters. The molecule has 0 aliphatic heterocycles. The SMILES string of the molecule is CC(NC(=O)C(Cc1ccc(O)cc1)NC(=O)C(CCC(N)=O)NC(=O)C(N)CO)C(=O)O. The van der Waals surface area contributed by atoms with Crippen LogP contribution in [0.1, 0.15) is 25.3 Å². The summed E-state index contributed by atoms with van der Waals surface area (Å²) in [5, 5.41) is 34.5. The van der Waals surface area contributed by atoms with E-state index in [0.29, 0.717) is 5.56 Å². The molecule has 4 amide bonds. The second kappa shape index (κ2) is 13.0. The number of hydrogen-bond donors (Lipinski definition) is 8. The van der Waals surface area contributed by atoms with Crippen LogP contribution in [-0.2, 0) is 30.4 Å². The second-order valence-corrected chi connectivity index (χ2v) is 7.36. The molecule has 1 aromatic carbocycles. The first-order valence-electron chi connectivity index (χ1n) is 10.0. The molecule has 1 rings (SSSR count). The number of carbonyl (C=O) groups is 5. The van der Waals surface area contributed by atoms with Crippen molar-refractivity contribution in [2.75, 3.05) is 6.61 Å². The molecule has 0 spiro atoms. The molecule has 0 aliphatic carbocycles. The van der Waals surface area contributed by atoms with Gasteiger partial charge in [-0.15, -0.1) is 0 Å². The third-order valence-corrected chi connectivity index (χ3v) is 4.58. The number of primary amides is 1. The number of aliphatic carboxylic acids is 1. The number of benzene rings is 1. The number of hydrogen-bond acceptors (Lipinski definition) is 8. The monoisotopic (exact) mass is 467 g/mol. The lowest BCUT2D eigenvalue weighted by atomic mass is 10.0. The van der Waals surface area contributed by atoms with Crippen molar-refractivity contribution < 1.29 is 39.3 Å². The highest BCUT2D eigenvalue weighted by Crippen LogP contribution is 2.12. The van der Waals surface area contributed by atoms with Gasteiger partial charge in [-0.3, -0.25) is 24.0 Å². The van der Waals surface area contributed by atoms with E-state index in [-0.39, 0.29) is 25.0 Å². The van der Waals surface area contributed by atoms with Gasteiger partial charge in [0.05, 0.1) is 6.61 Å². The van der Waals surface area contributed by atoms with Gasteiger partial charge in [0.1, 0.15) is 29.9 Å². The molecule has 10 N–H and O–H groups in total. The molecule has 4 unspecified atom stereocenters. The molecular weight excluding hydrogens is 438 g/mol. The summed E-state index contributed by atoms with van der Waals surface area (Å²) in [6.07, 6.45) is -0.543. The minimum Gasteiger partial charge on any atom is -0.508 e. The number of phenols is 1. The standard InChI is InChI=1S/C20H29N5O8/c1-10(20(32)33)23-19(31)15(8-11-2-4-12(27)5-3-11)25-18(30)14(6-7-16(22)28)24-17(29)13(21)9-26/h2-5,10,13-15,26-27H,6-9,21H2,1H3,(H2,22,28)(H,23,31)(H,24,29)(H,25,30)(H,32,33). The van der Waals surface area contributed by atoms with E-state index in [2.05, 4.69) is 16.0 Å². The van der Waals surface area contributed by atoms with E-state index >= 15 is 0 Å². The Morgan fingerprint density at radius 1 is 0.939 bits per heavy atom. The summed E-state index contributed by atoms with van der Waals surface area (Å²) in [4.78, 5) is 59.8. The molecule has 0 heterocycles. The number of carboxylic acids is 1. The van der Waals surface area contributed by atoms with Gasteiger partial charge in [-0.2, -0.15) is 0 Å². The molecule has 0 radical (unpaired) electrons. The summed E-state index contributed by atoms with van der Waals surface area (Å²) >= 11 is 0. The van der Waals surface area contributed by atoms with Crippen molar-refractivity contribution in [3.05, 3.63) is 29.8 Å². The predicted octanol–water partition coefficient (Wildman–Crippen LogP) is -2.92. The van der Waals surface area contributed by atoms with Crippen LogP contribution in [0.4, 0.5) is 0 Å². The molecule has 13 heteroatoms. The normalized spacial score (nSPS) is 14.3. The molecule has 33 heavy (non-hydrogen) atoms. The Labute approximate surface area is 189 Å². The summed E-state index contributed by atoms with van der Waals surface area (Å²) in [7, 11) is 0. The number of rotatable bonds is 13. The minimum atomic E-state index is -1.32. The Hall–Kier alpha value is -3.71. The van der Waals surface area contributed by atoms with Crippen LogP contribution in [0.5, 0.6) is 5.75 Å². The minimum absolute atomic E-state index is 0.0160. The molecule has 13 nitrogen and oxygen atoms in total. The lowest BCUT2D eigenvalue weighted by molar-refractivity contribution is -0.141. The van der Waals surface area contributed by atoms with E-state index in [1.165, 1.54) is 31.2 Å². The average Bonchev–Trinajstić information content (AvgIpc) is 2.76. The highest BCUT2D eigenvalue weighted by Gasteiger charge is 2.29. The fourth-order valence-corrected chi connectivity index (χ4v) is 2.64. The van der Waals surface area contributed by atoms with E-state index in [1.807, 2.05) is 0 Å². The Kier molecular flexibility index (Phi) is 10.7. The van der Waals surface area contributed by atoms with E-state index in [1.54, 1.807) is 0 Å². The zero-order chi connectivity index (χ0) is 25.1. The first kappa shape index (κ1) is 27.3. The van der Waals surface area contributed by atoms with Gasteiger partial charge < -0.3 is 42.7 Å². The molecular formula is C20H29N5O8. The topological polar surface area (TPSA) is 234 Å². The molecule has 0 fully saturated rings. The number of carbonyl (C=O) groups excluding carboxylic acids is 4. The average molecular weight is 467 g/mol.